The van der Waals surface area contributed by atoms with Crippen molar-refractivity contribution in [3.8, 4) is 5.75 Å². The van der Waals surface area contributed by atoms with Crippen molar-refractivity contribution in [2.45, 2.75) is 38.8 Å². The van der Waals surface area contributed by atoms with Crippen molar-refractivity contribution in [3.63, 3.8) is 0 Å². The van der Waals surface area contributed by atoms with Gasteiger partial charge in [-0.3, -0.25) is 4.98 Å². The summed E-state index contributed by atoms with van der Waals surface area (Å²) in [6.07, 6.45) is 5.69. The van der Waals surface area contributed by atoms with Crippen LogP contribution >= 0.6 is 0 Å². The molecule has 2 rings (SSSR count). The largest absolute Gasteiger partial charge is 0.491 e. The Morgan fingerprint density at radius 3 is 2.75 bits per heavy atom. The molecule has 1 aromatic carbocycles. The Labute approximate surface area is 120 Å². The molecular weight excluding hydrogens is 248 g/mol. The first-order chi connectivity index (χ1) is 9.65. The monoisotopic (exact) mass is 270 g/mol. The molecule has 0 aliphatic heterocycles. The number of benzene rings is 1. The van der Waals surface area contributed by atoms with Gasteiger partial charge in [-0.15, -0.1) is 0 Å². The highest BCUT2D eigenvalue weighted by Gasteiger charge is 2.08. The third-order valence-corrected chi connectivity index (χ3v) is 3.12. The average molecular weight is 270 g/mol. The summed E-state index contributed by atoms with van der Waals surface area (Å²) in [5.41, 5.74) is 8.60. The van der Waals surface area contributed by atoms with Crippen LogP contribution in [0.3, 0.4) is 0 Å². The zero-order valence-electron chi connectivity index (χ0n) is 12.1. The molecule has 2 aromatic rings. The van der Waals surface area contributed by atoms with Crippen molar-refractivity contribution in [3.05, 3.63) is 59.9 Å². The van der Waals surface area contributed by atoms with Crippen LogP contribution in [0.2, 0.25) is 0 Å². The lowest BCUT2D eigenvalue weighted by atomic mass is 10.0. The smallest absolute Gasteiger partial charge is 0.120 e. The lowest BCUT2D eigenvalue weighted by Crippen LogP contribution is -2.12. The molecule has 0 bridgehead atoms. The Morgan fingerprint density at radius 1 is 1.20 bits per heavy atom. The fourth-order valence-corrected chi connectivity index (χ4v) is 2.13. The molecule has 0 aliphatic rings. The molecular formula is C17H22N2O. The van der Waals surface area contributed by atoms with Gasteiger partial charge in [0.15, 0.2) is 0 Å². The van der Waals surface area contributed by atoms with Crippen LogP contribution < -0.4 is 10.5 Å². The van der Waals surface area contributed by atoms with Crippen LogP contribution in [-0.2, 0) is 6.42 Å². The van der Waals surface area contributed by atoms with Gasteiger partial charge in [0.05, 0.1) is 6.10 Å². The second-order valence-electron chi connectivity index (χ2n) is 5.25. The van der Waals surface area contributed by atoms with E-state index >= 15 is 0 Å². The first kappa shape index (κ1) is 14.5. The molecule has 1 heterocycles. The normalized spacial score (nSPS) is 12.4. The van der Waals surface area contributed by atoms with Gasteiger partial charge >= 0.3 is 0 Å². The Kier molecular flexibility index (Phi) is 5.13. The van der Waals surface area contributed by atoms with E-state index < -0.39 is 0 Å². The van der Waals surface area contributed by atoms with Gasteiger partial charge in [-0.2, -0.15) is 0 Å². The van der Waals surface area contributed by atoms with Crippen molar-refractivity contribution in [1.82, 2.24) is 4.98 Å². The fourth-order valence-electron chi connectivity index (χ4n) is 2.13. The number of hydrogen-bond donors (Lipinski definition) is 1. The summed E-state index contributed by atoms with van der Waals surface area (Å²) in [6, 6.07) is 12.1. The first-order valence-corrected chi connectivity index (χ1v) is 7.06. The molecule has 106 valence electrons. The Hall–Kier alpha value is -1.87. The van der Waals surface area contributed by atoms with Crippen LogP contribution in [0, 0.1) is 0 Å². The Bertz CT molecular complexity index is 526. The van der Waals surface area contributed by atoms with Crippen molar-refractivity contribution >= 4 is 0 Å². The molecule has 0 saturated carbocycles. The summed E-state index contributed by atoms with van der Waals surface area (Å²) in [6.45, 7) is 4.05. The molecule has 1 aromatic heterocycles. The molecule has 2 N–H and O–H groups in total. The highest BCUT2D eigenvalue weighted by Crippen LogP contribution is 2.22. The maximum atomic E-state index is 6.27. The van der Waals surface area contributed by atoms with Gasteiger partial charge in [0.25, 0.3) is 0 Å². The summed E-state index contributed by atoms with van der Waals surface area (Å²) in [5.74, 6) is 0.884. The van der Waals surface area contributed by atoms with Gasteiger partial charge in [-0.25, -0.2) is 0 Å². The topological polar surface area (TPSA) is 48.1 Å². The maximum Gasteiger partial charge on any atom is 0.120 e. The van der Waals surface area contributed by atoms with E-state index in [1.54, 1.807) is 6.20 Å². The number of nitrogens with zero attached hydrogens (tertiary/aromatic N) is 1. The summed E-state index contributed by atoms with van der Waals surface area (Å²) in [7, 11) is 0. The number of rotatable bonds is 6. The molecule has 0 spiro atoms. The molecule has 20 heavy (non-hydrogen) atoms. The van der Waals surface area contributed by atoms with Gasteiger partial charge in [0.2, 0.25) is 0 Å². The number of ether oxygens (including phenoxy) is 1. The third kappa shape index (κ3) is 4.35. The van der Waals surface area contributed by atoms with Gasteiger partial charge in [-0.1, -0.05) is 18.2 Å². The highest BCUT2D eigenvalue weighted by molar-refractivity contribution is 5.30. The predicted molar refractivity (Wildman–Crippen MR) is 81.7 cm³/mol. The van der Waals surface area contributed by atoms with Crippen LogP contribution in [0.4, 0.5) is 0 Å². The van der Waals surface area contributed by atoms with Crippen molar-refractivity contribution in [2.24, 2.45) is 5.73 Å². The van der Waals surface area contributed by atoms with Crippen molar-refractivity contribution < 1.29 is 4.74 Å². The van der Waals surface area contributed by atoms with Crippen molar-refractivity contribution in [2.75, 3.05) is 0 Å². The van der Waals surface area contributed by atoms with Crippen LogP contribution in [0.15, 0.2) is 48.8 Å². The lowest BCUT2D eigenvalue weighted by molar-refractivity contribution is 0.242. The highest BCUT2D eigenvalue weighted by atomic mass is 16.5. The van der Waals surface area contributed by atoms with Gasteiger partial charge < -0.3 is 10.5 Å². The second-order valence-corrected chi connectivity index (χ2v) is 5.25. The van der Waals surface area contributed by atoms with Gasteiger partial charge in [-0.05, 0) is 56.0 Å². The predicted octanol–water partition coefficient (Wildman–Crippen LogP) is 3.50. The van der Waals surface area contributed by atoms with E-state index in [0.29, 0.717) is 0 Å². The summed E-state index contributed by atoms with van der Waals surface area (Å²) in [5, 5.41) is 0. The summed E-state index contributed by atoms with van der Waals surface area (Å²) >= 11 is 0. The molecule has 0 amide bonds. The molecule has 0 fully saturated rings. The molecule has 0 radical (unpaired) electrons. The Balaban J connectivity index is 1.96. The van der Waals surface area contributed by atoms with Crippen LogP contribution in [0.5, 0.6) is 5.75 Å². The zero-order valence-corrected chi connectivity index (χ0v) is 12.1. The number of hydrogen-bond acceptors (Lipinski definition) is 3. The van der Waals surface area contributed by atoms with E-state index in [1.807, 2.05) is 44.3 Å². The number of pyridine rings is 1. The summed E-state index contributed by atoms with van der Waals surface area (Å²) in [4.78, 5) is 4.12. The average Bonchev–Trinajstić information content (AvgIpc) is 2.45. The van der Waals surface area contributed by atoms with Gasteiger partial charge in [0, 0.05) is 18.4 Å². The molecule has 3 heteroatoms. The van der Waals surface area contributed by atoms with E-state index in [-0.39, 0.29) is 12.1 Å². The van der Waals surface area contributed by atoms with E-state index in [0.717, 1.165) is 24.2 Å². The minimum absolute atomic E-state index is 0.0194. The number of aromatic nitrogens is 1. The minimum atomic E-state index is 0.0194. The number of aryl methyl sites for hydroxylation is 1. The second kappa shape index (κ2) is 7.06. The minimum Gasteiger partial charge on any atom is -0.491 e. The van der Waals surface area contributed by atoms with E-state index in [1.165, 1.54) is 5.56 Å². The Morgan fingerprint density at radius 2 is 2.05 bits per heavy atom. The molecule has 1 unspecified atom stereocenters. The SMILES string of the molecule is CC(C)Oc1cccc(C(N)CCc2cccnc2)c1. The van der Waals surface area contributed by atoms with E-state index in [2.05, 4.69) is 17.1 Å². The standard InChI is InChI=1S/C17H22N2O/c1-13(2)20-16-7-3-6-15(11-16)17(18)9-8-14-5-4-10-19-12-14/h3-7,10-13,17H,8-9,18H2,1-2H3. The quantitative estimate of drug-likeness (QED) is 0.874. The van der Waals surface area contributed by atoms with Crippen LogP contribution in [0.25, 0.3) is 0 Å². The van der Waals surface area contributed by atoms with E-state index in [4.69, 9.17) is 10.5 Å². The molecule has 1 atom stereocenters. The van der Waals surface area contributed by atoms with Crippen LogP contribution in [0.1, 0.15) is 37.4 Å². The molecule has 3 nitrogen and oxygen atoms in total. The molecule has 0 saturated heterocycles. The molecule has 0 aliphatic carbocycles. The fraction of sp³-hybridized carbons (Fsp3) is 0.353. The number of nitrogens with two attached hydrogens (primary N) is 1. The van der Waals surface area contributed by atoms with E-state index in [9.17, 15) is 0 Å². The van der Waals surface area contributed by atoms with Crippen LogP contribution in [-0.4, -0.2) is 11.1 Å². The van der Waals surface area contributed by atoms with Gasteiger partial charge in [0.1, 0.15) is 5.75 Å². The maximum absolute atomic E-state index is 6.27. The lowest BCUT2D eigenvalue weighted by Gasteiger charge is -2.15. The third-order valence-electron chi connectivity index (χ3n) is 3.12. The summed E-state index contributed by atoms with van der Waals surface area (Å²) < 4.78 is 5.70. The van der Waals surface area contributed by atoms with Crippen molar-refractivity contribution in [1.29, 1.82) is 0 Å². The zero-order chi connectivity index (χ0) is 14.4. The first-order valence-electron chi connectivity index (χ1n) is 7.06.